The predicted molar refractivity (Wildman–Crippen MR) is 95.5 cm³/mol. The maximum Gasteiger partial charge on any atom is 0.269 e. The minimum Gasteiger partial charge on any atom is -0.336 e. The van der Waals surface area contributed by atoms with Crippen LogP contribution >= 0.6 is 0 Å². The van der Waals surface area contributed by atoms with Crippen molar-refractivity contribution in [1.82, 2.24) is 9.80 Å². The molecule has 6 heteroatoms. The third-order valence-corrected chi connectivity index (χ3v) is 4.51. The van der Waals surface area contributed by atoms with E-state index in [4.69, 9.17) is 0 Å². The number of amides is 1. The summed E-state index contributed by atoms with van der Waals surface area (Å²) in [5.41, 5.74) is 3.03. The number of benzene rings is 2. The number of carbonyl (C=O) groups excluding carboxylic acids is 1. The van der Waals surface area contributed by atoms with Crippen molar-refractivity contribution >= 4 is 11.6 Å². The monoisotopic (exact) mass is 339 g/mol. The van der Waals surface area contributed by atoms with Crippen LogP contribution in [-0.2, 0) is 6.54 Å². The van der Waals surface area contributed by atoms with Gasteiger partial charge in [0.1, 0.15) is 0 Å². The van der Waals surface area contributed by atoms with E-state index < -0.39 is 0 Å². The Bertz CT molecular complexity index is 748. The second kappa shape index (κ2) is 7.44. The SMILES string of the molecule is Cc1ccc(C(=O)N2CCN(Cc3ccc([N+](=O)[O-])cc3)CC2)cc1. The lowest BCUT2D eigenvalue weighted by Gasteiger charge is -2.34. The first-order valence-electron chi connectivity index (χ1n) is 8.34. The highest BCUT2D eigenvalue weighted by molar-refractivity contribution is 5.94. The van der Waals surface area contributed by atoms with Crippen LogP contribution in [0.1, 0.15) is 21.5 Å². The summed E-state index contributed by atoms with van der Waals surface area (Å²) in [5.74, 6) is 0.0787. The average Bonchev–Trinajstić information content (AvgIpc) is 2.63. The molecule has 2 aromatic rings. The number of nitrogens with zero attached hydrogens (tertiary/aromatic N) is 3. The van der Waals surface area contributed by atoms with Crippen LogP contribution in [0.4, 0.5) is 5.69 Å². The van der Waals surface area contributed by atoms with Crippen molar-refractivity contribution in [2.75, 3.05) is 26.2 Å². The zero-order valence-electron chi connectivity index (χ0n) is 14.2. The van der Waals surface area contributed by atoms with Crippen LogP contribution in [0.15, 0.2) is 48.5 Å². The molecule has 1 aliphatic heterocycles. The summed E-state index contributed by atoms with van der Waals surface area (Å²) in [6, 6.07) is 14.3. The first-order chi connectivity index (χ1) is 12.0. The number of hydrogen-bond donors (Lipinski definition) is 0. The van der Waals surface area contributed by atoms with Crippen molar-refractivity contribution in [2.45, 2.75) is 13.5 Å². The molecule has 6 nitrogen and oxygen atoms in total. The van der Waals surface area contributed by atoms with Crippen LogP contribution < -0.4 is 0 Å². The number of piperazine rings is 1. The van der Waals surface area contributed by atoms with Crippen molar-refractivity contribution in [3.63, 3.8) is 0 Å². The molecule has 0 N–H and O–H groups in total. The summed E-state index contributed by atoms with van der Waals surface area (Å²) in [4.78, 5) is 27.0. The van der Waals surface area contributed by atoms with Crippen LogP contribution in [0.3, 0.4) is 0 Å². The van der Waals surface area contributed by atoms with E-state index >= 15 is 0 Å². The van der Waals surface area contributed by atoms with E-state index in [9.17, 15) is 14.9 Å². The fraction of sp³-hybridized carbons (Fsp3) is 0.316. The van der Waals surface area contributed by atoms with Gasteiger partial charge in [0.15, 0.2) is 0 Å². The van der Waals surface area contributed by atoms with E-state index in [1.54, 1.807) is 12.1 Å². The number of aryl methyl sites for hydroxylation is 1. The number of nitro groups is 1. The molecule has 1 fully saturated rings. The van der Waals surface area contributed by atoms with E-state index in [2.05, 4.69) is 4.90 Å². The zero-order chi connectivity index (χ0) is 17.8. The number of hydrogen-bond acceptors (Lipinski definition) is 4. The van der Waals surface area contributed by atoms with Crippen molar-refractivity contribution in [3.05, 3.63) is 75.3 Å². The van der Waals surface area contributed by atoms with Crippen LogP contribution in [0.25, 0.3) is 0 Å². The molecule has 0 bridgehead atoms. The second-order valence-electron chi connectivity index (χ2n) is 6.36. The highest BCUT2D eigenvalue weighted by atomic mass is 16.6. The Hall–Kier alpha value is -2.73. The molecular formula is C19H21N3O3. The summed E-state index contributed by atoms with van der Waals surface area (Å²) in [6.45, 7) is 5.73. The smallest absolute Gasteiger partial charge is 0.269 e. The van der Waals surface area contributed by atoms with Crippen LogP contribution in [-0.4, -0.2) is 46.8 Å². The quantitative estimate of drug-likeness (QED) is 0.634. The molecule has 1 saturated heterocycles. The number of nitro benzene ring substituents is 1. The maximum atomic E-state index is 12.5. The molecule has 1 amide bonds. The van der Waals surface area contributed by atoms with E-state index in [1.165, 1.54) is 12.1 Å². The van der Waals surface area contributed by atoms with Crippen molar-refractivity contribution in [1.29, 1.82) is 0 Å². The van der Waals surface area contributed by atoms with Crippen LogP contribution in [0.2, 0.25) is 0 Å². The third-order valence-electron chi connectivity index (χ3n) is 4.51. The first-order valence-corrected chi connectivity index (χ1v) is 8.34. The molecule has 25 heavy (non-hydrogen) atoms. The molecule has 0 saturated carbocycles. The lowest BCUT2D eigenvalue weighted by atomic mass is 10.1. The van der Waals surface area contributed by atoms with Gasteiger partial charge in [-0.15, -0.1) is 0 Å². The standard InChI is InChI=1S/C19H21N3O3/c1-15-2-6-17(7-3-15)19(23)21-12-10-20(11-13-21)14-16-4-8-18(9-5-16)22(24)25/h2-9H,10-14H2,1H3. The fourth-order valence-electron chi connectivity index (χ4n) is 2.97. The molecule has 0 unspecified atom stereocenters. The van der Waals surface area contributed by atoms with Crippen molar-refractivity contribution in [3.8, 4) is 0 Å². The van der Waals surface area contributed by atoms with Crippen LogP contribution in [0, 0.1) is 17.0 Å². The normalized spacial score (nSPS) is 15.2. The summed E-state index contributed by atoms with van der Waals surface area (Å²) in [7, 11) is 0. The van der Waals surface area contributed by atoms with Crippen molar-refractivity contribution < 1.29 is 9.72 Å². The number of non-ortho nitro benzene ring substituents is 1. The Morgan fingerprint density at radius 1 is 1.00 bits per heavy atom. The third kappa shape index (κ3) is 4.22. The van der Waals surface area contributed by atoms with Crippen molar-refractivity contribution in [2.24, 2.45) is 0 Å². The minimum atomic E-state index is -0.390. The number of carbonyl (C=O) groups is 1. The molecule has 0 spiro atoms. The van der Waals surface area contributed by atoms with E-state index in [0.29, 0.717) is 13.1 Å². The van der Waals surface area contributed by atoms with E-state index in [1.807, 2.05) is 36.1 Å². The van der Waals surface area contributed by atoms with Gasteiger partial charge < -0.3 is 4.90 Å². The second-order valence-corrected chi connectivity index (χ2v) is 6.36. The van der Waals surface area contributed by atoms with Gasteiger partial charge in [-0.1, -0.05) is 29.8 Å². The van der Waals surface area contributed by atoms with Gasteiger partial charge in [-0.25, -0.2) is 0 Å². The Balaban J connectivity index is 1.53. The Morgan fingerprint density at radius 2 is 1.60 bits per heavy atom. The maximum absolute atomic E-state index is 12.5. The molecule has 0 atom stereocenters. The van der Waals surface area contributed by atoms with E-state index in [-0.39, 0.29) is 16.5 Å². The molecule has 0 aliphatic carbocycles. The van der Waals surface area contributed by atoms with Gasteiger partial charge in [-0.3, -0.25) is 19.8 Å². The molecule has 2 aromatic carbocycles. The highest BCUT2D eigenvalue weighted by Crippen LogP contribution is 2.15. The molecule has 0 aromatic heterocycles. The van der Waals surface area contributed by atoms with Gasteiger partial charge in [0.05, 0.1) is 4.92 Å². The predicted octanol–water partition coefficient (Wildman–Crippen LogP) is 2.86. The Labute approximate surface area is 146 Å². The fourth-order valence-corrected chi connectivity index (χ4v) is 2.97. The Kier molecular flexibility index (Phi) is 5.09. The lowest BCUT2D eigenvalue weighted by Crippen LogP contribution is -2.48. The summed E-state index contributed by atoms with van der Waals surface area (Å²) >= 11 is 0. The largest absolute Gasteiger partial charge is 0.336 e. The molecule has 3 rings (SSSR count). The first kappa shape index (κ1) is 17.1. The molecule has 0 radical (unpaired) electrons. The summed E-state index contributed by atoms with van der Waals surface area (Å²) in [6.07, 6.45) is 0. The van der Waals surface area contributed by atoms with Gasteiger partial charge in [-0.2, -0.15) is 0 Å². The van der Waals surface area contributed by atoms with Crippen LogP contribution in [0.5, 0.6) is 0 Å². The zero-order valence-corrected chi connectivity index (χ0v) is 14.2. The summed E-state index contributed by atoms with van der Waals surface area (Å²) in [5, 5.41) is 10.7. The topological polar surface area (TPSA) is 66.7 Å². The van der Waals surface area contributed by atoms with Gasteiger partial charge in [0.2, 0.25) is 0 Å². The van der Waals surface area contributed by atoms with Gasteiger partial charge in [-0.05, 0) is 24.6 Å². The summed E-state index contributed by atoms with van der Waals surface area (Å²) < 4.78 is 0. The minimum absolute atomic E-state index is 0.0787. The van der Waals surface area contributed by atoms with Gasteiger partial charge in [0, 0.05) is 50.4 Å². The van der Waals surface area contributed by atoms with E-state index in [0.717, 1.165) is 36.3 Å². The lowest BCUT2D eigenvalue weighted by molar-refractivity contribution is -0.384. The average molecular weight is 339 g/mol. The Morgan fingerprint density at radius 3 is 2.16 bits per heavy atom. The number of rotatable bonds is 4. The molecule has 1 aliphatic rings. The molecule has 1 heterocycles. The van der Waals surface area contributed by atoms with Gasteiger partial charge >= 0.3 is 0 Å². The highest BCUT2D eigenvalue weighted by Gasteiger charge is 2.22. The molecule has 130 valence electrons. The molecular weight excluding hydrogens is 318 g/mol. The van der Waals surface area contributed by atoms with Gasteiger partial charge in [0.25, 0.3) is 11.6 Å².